The van der Waals surface area contributed by atoms with E-state index < -0.39 is 20.0 Å². The predicted molar refractivity (Wildman–Crippen MR) is 363 cm³/mol. The monoisotopic (exact) mass is 1210 g/mol. The van der Waals surface area contributed by atoms with Crippen molar-refractivity contribution < 1.29 is 37.3 Å². The maximum atomic E-state index is 13.6. The summed E-state index contributed by atoms with van der Waals surface area (Å²) in [5.74, 6) is -0.520. The Morgan fingerprint density at radius 3 is 1.01 bits per heavy atom. The molecule has 0 saturated carbocycles. The highest BCUT2D eigenvalue weighted by Crippen LogP contribution is 2.38. The minimum atomic E-state index is -4.70. The zero-order valence-corrected chi connectivity index (χ0v) is 58.0. The molecule has 9 nitrogen and oxygen atoms in total. The highest BCUT2D eigenvalue weighted by Gasteiger charge is 2.27. The normalized spacial score (nSPS) is 13.6. The van der Waals surface area contributed by atoms with Gasteiger partial charge in [-0.25, -0.2) is 0 Å². The number of nitrogens with one attached hydrogen (secondary N) is 1. The molecular weight excluding hydrogens is 1060 g/mol. The van der Waals surface area contributed by atoms with Crippen molar-refractivity contribution in [2.24, 2.45) is 0 Å². The van der Waals surface area contributed by atoms with Crippen LogP contribution in [0.3, 0.4) is 0 Å². The van der Waals surface area contributed by atoms with Crippen LogP contribution in [0.15, 0.2) is 24.3 Å². The molecule has 10 heteroatoms. The van der Waals surface area contributed by atoms with Gasteiger partial charge in [0.15, 0.2) is 0 Å². The third-order valence-corrected chi connectivity index (χ3v) is 18.1. The number of quaternary nitrogens is 1. The van der Waals surface area contributed by atoms with Crippen LogP contribution < -0.4 is 10.2 Å². The first-order chi connectivity index (χ1) is 40.9. The number of hydrogen-bond donors (Lipinski definition) is 1. The molecule has 498 valence electrons. The average Bonchev–Trinajstić information content (AvgIpc) is 3.65. The van der Waals surface area contributed by atoms with Gasteiger partial charge in [0.05, 0.1) is 33.8 Å². The van der Waals surface area contributed by atoms with Crippen LogP contribution in [0.2, 0.25) is 0 Å². The van der Waals surface area contributed by atoms with E-state index in [1.54, 1.807) is 0 Å². The number of hydrogen-bond acceptors (Lipinski definition) is 7. The van der Waals surface area contributed by atoms with Crippen LogP contribution in [0, 0.1) is 0 Å². The Labute approximate surface area is 524 Å². The summed E-state index contributed by atoms with van der Waals surface area (Å²) < 4.78 is 30.5. The van der Waals surface area contributed by atoms with Crippen LogP contribution in [0.25, 0.3) is 0 Å². The number of amides is 1. The molecule has 0 aliphatic heterocycles. The molecule has 0 aromatic carbocycles. The van der Waals surface area contributed by atoms with E-state index in [9.17, 15) is 19.0 Å². The number of likely N-dealkylation sites (N-methyl/N-ethyl adjacent to an activating group) is 1. The van der Waals surface area contributed by atoms with E-state index in [2.05, 4.69) is 38.2 Å². The zero-order valence-electron chi connectivity index (χ0n) is 57.1. The third-order valence-electron chi connectivity index (χ3n) is 17.1. The first-order valence-corrected chi connectivity index (χ1v) is 38.6. The van der Waals surface area contributed by atoms with E-state index in [4.69, 9.17) is 13.8 Å². The maximum Gasteiger partial charge on any atom is 0.306 e. The third kappa shape index (κ3) is 64.9. The van der Waals surface area contributed by atoms with Crippen molar-refractivity contribution in [2.75, 3.05) is 40.9 Å². The quantitative estimate of drug-likeness (QED) is 0.0212. The number of carbonyl (C=O) groups is 2. The zero-order chi connectivity index (χ0) is 61.4. The number of phosphoric ester groups is 1. The second-order valence-corrected chi connectivity index (χ2v) is 28.2. The Hall–Kier alpha value is -1.51. The lowest BCUT2D eigenvalue weighted by Crippen LogP contribution is -2.47. The van der Waals surface area contributed by atoms with Crippen LogP contribution in [-0.2, 0) is 27.9 Å². The van der Waals surface area contributed by atoms with E-state index >= 15 is 0 Å². The SMILES string of the molecule is CCCCCCCC/C=C/CCCCCCCCCCCC(=O)OC(/C=C\CCCCCCCCCCCC)C(COP(=O)([O-])OCC[N+](C)(C)C)NC(=O)CCCCCCCCCCCCCCCCCCCCCCCCCCCCC. The summed E-state index contributed by atoms with van der Waals surface area (Å²) in [6.07, 6.45) is 78.9. The van der Waals surface area contributed by atoms with Gasteiger partial charge in [0, 0.05) is 12.8 Å². The highest BCUT2D eigenvalue weighted by molar-refractivity contribution is 7.45. The van der Waals surface area contributed by atoms with Gasteiger partial charge in [-0.2, -0.15) is 0 Å². The summed E-state index contributed by atoms with van der Waals surface area (Å²) in [4.78, 5) is 40.2. The molecule has 0 saturated heterocycles. The largest absolute Gasteiger partial charge is 0.756 e. The maximum absolute atomic E-state index is 13.6. The summed E-state index contributed by atoms with van der Waals surface area (Å²) in [5.41, 5.74) is 0. The summed E-state index contributed by atoms with van der Waals surface area (Å²) in [6, 6.07) is -0.885. The number of phosphoric acid groups is 1. The van der Waals surface area contributed by atoms with Crippen molar-refractivity contribution in [2.45, 2.75) is 399 Å². The molecule has 0 aromatic rings. The molecule has 0 fully saturated rings. The average molecular weight is 1210 g/mol. The Kier molecular flexibility index (Phi) is 63.3. The molecule has 0 radical (unpaired) electrons. The van der Waals surface area contributed by atoms with Crippen LogP contribution in [-0.4, -0.2) is 69.4 Å². The smallest absolute Gasteiger partial charge is 0.306 e. The second-order valence-electron chi connectivity index (χ2n) is 26.8. The number of esters is 1. The molecule has 3 unspecified atom stereocenters. The molecule has 0 heterocycles. The molecule has 0 rings (SSSR count). The lowest BCUT2D eigenvalue weighted by Gasteiger charge is -2.30. The van der Waals surface area contributed by atoms with Crippen molar-refractivity contribution in [1.29, 1.82) is 0 Å². The van der Waals surface area contributed by atoms with E-state index in [0.717, 1.165) is 57.8 Å². The Morgan fingerprint density at radius 1 is 0.405 bits per heavy atom. The molecule has 0 bridgehead atoms. The van der Waals surface area contributed by atoms with Gasteiger partial charge in [0.25, 0.3) is 7.82 Å². The van der Waals surface area contributed by atoms with Crippen LogP contribution >= 0.6 is 7.82 Å². The van der Waals surface area contributed by atoms with E-state index in [1.807, 2.05) is 33.3 Å². The van der Waals surface area contributed by atoms with Crippen molar-refractivity contribution in [3.05, 3.63) is 24.3 Å². The number of ether oxygens (including phenoxy) is 1. The van der Waals surface area contributed by atoms with Crippen molar-refractivity contribution in [1.82, 2.24) is 5.32 Å². The predicted octanol–water partition coefficient (Wildman–Crippen LogP) is 23.0. The fourth-order valence-corrected chi connectivity index (χ4v) is 12.1. The Bertz CT molecular complexity index is 1480. The van der Waals surface area contributed by atoms with E-state index in [0.29, 0.717) is 17.4 Å². The molecule has 0 spiro atoms. The van der Waals surface area contributed by atoms with Crippen LogP contribution in [0.4, 0.5) is 0 Å². The van der Waals surface area contributed by atoms with Crippen molar-refractivity contribution in [3.63, 3.8) is 0 Å². The fraction of sp³-hybridized carbons (Fsp3) is 0.919. The molecule has 0 aliphatic rings. The van der Waals surface area contributed by atoms with Gasteiger partial charge in [-0.15, -0.1) is 0 Å². The molecule has 0 aromatic heterocycles. The lowest BCUT2D eigenvalue weighted by molar-refractivity contribution is -0.870. The Balaban J connectivity index is 4.94. The molecule has 3 atom stereocenters. The van der Waals surface area contributed by atoms with Gasteiger partial charge in [0.2, 0.25) is 5.91 Å². The summed E-state index contributed by atoms with van der Waals surface area (Å²) in [6.45, 7) is 6.91. The minimum Gasteiger partial charge on any atom is -0.756 e. The van der Waals surface area contributed by atoms with Crippen LogP contribution in [0.5, 0.6) is 0 Å². The van der Waals surface area contributed by atoms with Gasteiger partial charge in [0.1, 0.15) is 19.3 Å². The molecule has 1 amide bonds. The molecule has 1 N–H and O–H groups in total. The first-order valence-electron chi connectivity index (χ1n) is 37.1. The Morgan fingerprint density at radius 2 is 0.690 bits per heavy atom. The van der Waals surface area contributed by atoms with Gasteiger partial charge in [-0.1, -0.05) is 341 Å². The van der Waals surface area contributed by atoms with E-state index in [1.165, 1.54) is 295 Å². The molecular formula is C74H145N2O7P. The van der Waals surface area contributed by atoms with Crippen molar-refractivity contribution in [3.8, 4) is 0 Å². The van der Waals surface area contributed by atoms with Gasteiger partial charge < -0.3 is 28.5 Å². The van der Waals surface area contributed by atoms with Gasteiger partial charge in [-0.3, -0.25) is 14.2 Å². The second kappa shape index (κ2) is 64.5. The number of unbranched alkanes of at least 4 members (excludes halogenated alkanes) is 51. The summed E-state index contributed by atoms with van der Waals surface area (Å²) in [5, 5.41) is 3.05. The topological polar surface area (TPSA) is 114 Å². The summed E-state index contributed by atoms with van der Waals surface area (Å²) >= 11 is 0. The van der Waals surface area contributed by atoms with Gasteiger partial charge >= 0.3 is 5.97 Å². The summed E-state index contributed by atoms with van der Waals surface area (Å²) in [7, 11) is 1.21. The minimum absolute atomic E-state index is 0.0185. The number of rotatable bonds is 69. The number of carbonyl (C=O) groups excluding carboxylic acids is 2. The van der Waals surface area contributed by atoms with Gasteiger partial charge in [-0.05, 0) is 57.4 Å². The molecule has 0 aliphatic carbocycles. The highest BCUT2D eigenvalue weighted by atomic mass is 31.2. The van der Waals surface area contributed by atoms with Crippen LogP contribution in [0.1, 0.15) is 387 Å². The standard InChI is InChI=1S/C74H145N2O7P/c1-7-10-13-16-19-22-25-28-30-32-34-35-36-37-38-39-40-41-43-44-46-48-51-54-57-60-63-66-73(77)75-71(70-82-84(79,80)81-69-68-76(4,5)6)72(65-62-59-56-53-50-27-24-21-18-15-12-9-3)83-74(78)67-64-61-58-55-52-49-47-45-42-33-31-29-26-23-20-17-14-11-8-2/h29,31,62,65,71-72H,7-28,30,32-61,63-64,66-70H2,1-6H3,(H-,75,77,79,80)/b31-29+,65-62-. The fourth-order valence-electron chi connectivity index (χ4n) is 11.4. The lowest BCUT2D eigenvalue weighted by atomic mass is 10.0. The molecule has 84 heavy (non-hydrogen) atoms. The first kappa shape index (κ1) is 82.5. The number of allylic oxidation sites excluding steroid dienone is 3. The number of nitrogens with zero attached hydrogens (tertiary/aromatic N) is 1. The van der Waals surface area contributed by atoms with Crippen molar-refractivity contribution >= 4 is 19.7 Å². The van der Waals surface area contributed by atoms with E-state index in [-0.39, 0.29) is 31.5 Å².